The summed E-state index contributed by atoms with van der Waals surface area (Å²) in [5.74, 6) is 1.44. The van der Waals surface area contributed by atoms with Crippen molar-refractivity contribution in [3.05, 3.63) is 0 Å². The zero-order valence-corrected chi connectivity index (χ0v) is 7.76. The van der Waals surface area contributed by atoms with Gasteiger partial charge in [-0.05, 0) is 31.1 Å². The van der Waals surface area contributed by atoms with Crippen LogP contribution < -0.4 is 0 Å². The van der Waals surface area contributed by atoms with Gasteiger partial charge in [-0.15, -0.1) is 0 Å². The Morgan fingerprint density at radius 1 is 1.55 bits per heavy atom. The fourth-order valence-corrected chi connectivity index (χ4v) is 2.45. The van der Waals surface area contributed by atoms with Gasteiger partial charge in [-0.3, -0.25) is 0 Å². The lowest BCUT2D eigenvalue weighted by atomic mass is 9.60. The number of hydrogen-bond acceptors (Lipinski definition) is 1. The van der Waals surface area contributed by atoms with E-state index in [0.717, 1.165) is 25.2 Å². The molecule has 1 rings (SSSR count). The molecule has 1 nitrogen and oxygen atoms in total. The first-order valence-corrected chi connectivity index (χ1v) is 4.54. The molecule has 0 unspecified atom stereocenters. The monoisotopic (exact) mass is 154 g/mol. The van der Waals surface area contributed by atoms with Crippen LogP contribution in [0.1, 0.15) is 40.0 Å². The van der Waals surface area contributed by atoms with Crippen LogP contribution in [0.3, 0.4) is 0 Å². The van der Waals surface area contributed by atoms with E-state index in [1.165, 1.54) is 6.29 Å². The molecule has 0 saturated heterocycles. The Morgan fingerprint density at radius 2 is 2.09 bits per heavy atom. The van der Waals surface area contributed by atoms with Crippen molar-refractivity contribution < 1.29 is 4.79 Å². The van der Waals surface area contributed by atoms with Crippen molar-refractivity contribution in [1.82, 2.24) is 0 Å². The van der Waals surface area contributed by atoms with E-state index in [9.17, 15) is 4.79 Å². The van der Waals surface area contributed by atoms with E-state index in [4.69, 9.17) is 0 Å². The minimum Gasteiger partial charge on any atom is -0.303 e. The summed E-state index contributed by atoms with van der Waals surface area (Å²) in [5, 5.41) is 0. The van der Waals surface area contributed by atoms with Crippen molar-refractivity contribution in [2.75, 3.05) is 0 Å². The molecule has 0 radical (unpaired) electrons. The maximum absolute atomic E-state index is 10.8. The molecule has 1 saturated carbocycles. The van der Waals surface area contributed by atoms with E-state index in [2.05, 4.69) is 20.8 Å². The van der Waals surface area contributed by atoms with Gasteiger partial charge < -0.3 is 4.79 Å². The van der Waals surface area contributed by atoms with Crippen molar-refractivity contribution in [1.29, 1.82) is 0 Å². The highest BCUT2D eigenvalue weighted by molar-refractivity contribution is 5.61. The summed E-state index contributed by atoms with van der Waals surface area (Å²) in [5.41, 5.74) is 0.0770. The molecule has 0 spiro atoms. The standard InChI is InChI=1S/C10H18O/c1-8(2)4-10(7-11)5-9(3)6-10/h7-9H,4-6H2,1-3H3. The van der Waals surface area contributed by atoms with Gasteiger partial charge in [-0.25, -0.2) is 0 Å². The Morgan fingerprint density at radius 3 is 2.36 bits per heavy atom. The molecular weight excluding hydrogens is 136 g/mol. The Bertz CT molecular complexity index is 143. The Labute approximate surface area is 69.2 Å². The number of hydrogen-bond donors (Lipinski definition) is 0. The summed E-state index contributed by atoms with van der Waals surface area (Å²) in [4.78, 5) is 10.8. The summed E-state index contributed by atoms with van der Waals surface area (Å²) in [6.45, 7) is 6.60. The van der Waals surface area contributed by atoms with E-state index in [-0.39, 0.29) is 5.41 Å². The minimum absolute atomic E-state index is 0.0770. The van der Waals surface area contributed by atoms with Gasteiger partial charge in [0, 0.05) is 5.41 Å². The third kappa shape index (κ3) is 1.82. The highest BCUT2D eigenvalue weighted by Gasteiger charge is 2.41. The molecule has 0 aromatic heterocycles. The topological polar surface area (TPSA) is 17.1 Å². The number of aldehydes is 1. The molecular formula is C10H18O. The normalized spacial score (nSPS) is 36.9. The first kappa shape index (κ1) is 8.76. The molecule has 11 heavy (non-hydrogen) atoms. The molecule has 0 heterocycles. The Hall–Kier alpha value is -0.330. The van der Waals surface area contributed by atoms with Crippen LogP contribution in [0.5, 0.6) is 0 Å². The third-order valence-electron chi connectivity index (χ3n) is 2.57. The third-order valence-corrected chi connectivity index (χ3v) is 2.57. The first-order valence-electron chi connectivity index (χ1n) is 4.54. The zero-order chi connectivity index (χ0) is 8.48. The highest BCUT2D eigenvalue weighted by Crippen LogP contribution is 2.47. The molecule has 64 valence electrons. The van der Waals surface area contributed by atoms with Gasteiger partial charge >= 0.3 is 0 Å². The van der Waals surface area contributed by atoms with E-state index in [1.807, 2.05) is 0 Å². The smallest absolute Gasteiger partial charge is 0.126 e. The van der Waals surface area contributed by atoms with Crippen molar-refractivity contribution >= 4 is 6.29 Å². The lowest BCUT2D eigenvalue weighted by Crippen LogP contribution is -2.38. The van der Waals surface area contributed by atoms with Crippen LogP contribution in [0.25, 0.3) is 0 Å². The molecule has 0 aromatic carbocycles. The maximum atomic E-state index is 10.8. The van der Waals surface area contributed by atoms with Crippen LogP contribution in [0.4, 0.5) is 0 Å². The van der Waals surface area contributed by atoms with Gasteiger partial charge in [0.05, 0.1) is 0 Å². The van der Waals surface area contributed by atoms with Gasteiger partial charge in [-0.1, -0.05) is 20.8 Å². The van der Waals surface area contributed by atoms with Gasteiger partial charge in [0.15, 0.2) is 0 Å². The van der Waals surface area contributed by atoms with Crippen molar-refractivity contribution in [3.63, 3.8) is 0 Å². The molecule has 0 amide bonds. The Balaban J connectivity index is 2.44. The average molecular weight is 154 g/mol. The fourth-order valence-electron chi connectivity index (χ4n) is 2.45. The molecule has 0 N–H and O–H groups in total. The first-order chi connectivity index (χ1) is 5.08. The van der Waals surface area contributed by atoms with Crippen LogP contribution >= 0.6 is 0 Å². The SMILES string of the molecule is CC(C)CC1(C=O)CC(C)C1. The highest BCUT2D eigenvalue weighted by atomic mass is 16.1. The molecule has 0 aliphatic heterocycles. The molecule has 0 bridgehead atoms. The van der Waals surface area contributed by atoms with Crippen LogP contribution in [0.15, 0.2) is 0 Å². The van der Waals surface area contributed by atoms with Crippen molar-refractivity contribution in [3.8, 4) is 0 Å². The second kappa shape index (κ2) is 2.96. The lowest BCUT2D eigenvalue weighted by molar-refractivity contribution is -0.124. The minimum atomic E-state index is 0.0770. The fraction of sp³-hybridized carbons (Fsp3) is 0.900. The van der Waals surface area contributed by atoms with E-state index < -0.39 is 0 Å². The quantitative estimate of drug-likeness (QED) is 0.571. The predicted molar refractivity (Wildman–Crippen MR) is 46.4 cm³/mol. The van der Waals surface area contributed by atoms with Gasteiger partial charge in [0.1, 0.15) is 6.29 Å². The Kier molecular flexibility index (Phi) is 2.36. The molecule has 1 aliphatic rings. The largest absolute Gasteiger partial charge is 0.303 e. The van der Waals surface area contributed by atoms with Crippen LogP contribution in [0.2, 0.25) is 0 Å². The zero-order valence-electron chi connectivity index (χ0n) is 7.76. The number of carbonyl (C=O) groups excluding carboxylic acids is 1. The predicted octanol–water partition coefficient (Wildman–Crippen LogP) is 2.65. The molecule has 1 heteroatoms. The lowest BCUT2D eigenvalue weighted by Gasteiger charge is -2.43. The maximum Gasteiger partial charge on any atom is 0.126 e. The molecule has 1 fully saturated rings. The van der Waals surface area contributed by atoms with Gasteiger partial charge in [0.25, 0.3) is 0 Å². The van der Waals surface area contributed by atoms with Gasteiger partial charge in [0.2, 0.25) is 0 Å². The van der Waals surface area contributed by atoms with Crippen LogP contribution in [0, 0.1) is 17.3 Å². The molecule has 1 aliphatic carbocycles. The number of rotatable bonds is 3. The second-order valence-electron chi connectivity index (χ2n) is 4.59. The van der Waals surface area contributed by atoms with Crippen molar-refractivity contribution in [2.45, 2.75) is 40.0 Å². The molecule has 0 aromatic rings. The van der Waals surface area contributed by atoms with Crippen LogP contribution in [-0.4, -0.2) is 6.29 Å². The number of carbonyl (C=O) groups is 1. The molecule has 0 atom stereocenters. The summed E-state index contributed by atoms with van der Waals surface area (Å²) < 4.78 is 0. The average Bonchev–Trinajstić information content (AvgIpc) is 1.82. The summed E-state index contributed by atoms with van der Waals surface area (Å²) >= 11 is 0. The summed E-state index contributed by atoms with van der Waals surface area (Å²) in [7, 11) is 0. The van der Waals surface area contributed by atoms with E-state index in [1.54, 1.807) is 0 Å². The van der Waals surface area contributed by atoms with E-state index >= 15 is 0 Å². The van der Waals surface area contributed by atoms with E-state index in [0.29, 0.717) is 5.92 Å². The van der Waals surface area contributed by atoms with Gasteiger partial charge in [-0.2, -0.15) is 0 Å². The summed E-state index contributed by atoms with van der Waals surface area (Å²) in [6, 6.07) is 0. The summed E-state index contributed by atoms with van der Waals surface area (Å²) in [6.07, 6.45) is 4.51. The van der Waals surface area contributed by atoms with Crippen LogP contribution in [-0.2, 0) is 4.79 Å². The van der Waals surface area contributed by atoms with Crippen molar-refractivity contribution in [2.24, 2.45) is 17.3 Å². The second-order valence-corrected chi connectivity index (χ2v) is 4.59.